The molecule has 0 aromatic carbocycles. The Hall–Kier alpha value is -0.390. The van der Waals surface area contributed by atoms with Crippen molar-refractivity contribution in [3.8, 4) is 0 Å². The van der Waals surface area contributed by atoms with Crippen LogP contribution in [-0.2, 0) is 12.8 Å². The highest BCUT2D eigenvalue weighted by Crippen LogP contribution is 2.30. The quantitative estimate of drug-likeness (QED) is 0.831. The Morgan fingerprint density at radius 1 is 1.29 bits per heavy atom. The number of halogens is 1. The van der Waals surface area contributed by atoms with Crippen LogP contribution in [-0.4, -0.2) is 16.5 Å². The topological polar surface area (TPSA) is 37.8 Å². The first kappa shape index (κ1) is 13.1. The van der Waals surface area contributed by atoms with Crippen LogP contribution in [0.25, 0.3) is 0 Å². The lowest BCUT2D eigenvalue weighted by Gasteiger charge is -2.24. The SMILES string of the molecule is CCNc1nc(CC2CCC2)nc(CC)c1I. The van der Waals surface area contributed by atoms with Crippen molar-refractivity contribution >= 4 is 28.4 Å². The van der Waals surface area contributed by atoms with Gasteiger partial charge in [0, 0.05) is 13.0 Å². The van der Waals surface area contributed by atoms with Gasteiger partial charge in [0.25, 0.3) is 0 Å². The lowest BCUT2D eigenvalue weighted by atomic mass is 9.83. The van der Waals surface area contributed by atoms with Gasteiger partial charge < -0.3 is 5.32 Å². The van der Waals surface area contributed by atoms with Crippen molar-refractivity contribution in [3.63, 3.8) is 0 Å². The smallest absolute Gasteiger partial charge is 0.143 e. The van der Waals surface area contributed by atoms with Crippen molar-refractivity contribution < 1.29 is 0 Å². The van der Waals surface area contributed by atoms with Crippen LogP contribution in [0, 0.1) is 9.49 Å². The monoisotopic (exact) mass is 345 g/mol. The summed E-state index contributed by atoms with van der Waals surface area (Å²) in [4.78, 5) is 9.36. The number of nitrogens with one attached hydrogen (secondary N) is 1. The van der Waals surface area contributed by atoms with Gasteiger partial charge in [0.05, 0.1) is 9.26 Å². The van der Waals surface area contributed by atoms with Crippen molar-refractivity contribution in [1.29, 1.82) is 0 Å². The van der Waals surface area contributed by atoms with E-state index in [4.69, 9.17) is 4.98 Å². The van der Waals surface area contributed by atoms with Gasteiger partial charge in [-0.15, -0.1) is 0 Å². The fourth-order valence-corrected chi connectivity index (χ4v) is 2.92. The minimum absolute atomic E-state index is 0.828. The molecule has 0 aliphatic heterocycles. The van der Waals surface area contributed by atoms with E-state index in [1.165, 1.54) is 28.5 Å². The number of nitrogens with zero attached hydrogens (tertiary/aromatic N) is 2. The first-order chi connectivity index (χ1) is 8.24. The summed E-state index contributed by atoms with van der Waals surface area (Å²) in [5.74, 6) is 2.88. The van der Waals surface area contributed by atoms with Gasteiger partial charge in [0.1, 0.15) is 11.6 Å². The zero-order valence-electron chi connectivity index (χ0n) is 10.6. The highest BCUT2D eigenvalue weighted by atomic mass is 127. The Morgan fingerprint density at radius 3 is 2.59 bits per heavy atom. The fraction of sp³-hybridized carbons (Fsp3) is 0.692. The van der Waals surface area contributed by atoms with Gasteiger partial charge in [-0.2, -0.15) is 0 Å². The van der Waals surface area contributed by atoms with Crippen molar-refractivity contribution in [1.82, 2.24) is 9.97 Å². The molecule has 0 saturated heterocycles. The van der Waals surface area contributed by atoms with Crippen LogP contribution in [0.15, 0.2) is 0 Å². The van der Waals surface area contributed by atoms with Crippen LogP contribution < -0.4 is 5.32 Å². The molecule has 1 fully saturated rings. The van der Waals surface area contributed by atoms with Gasteiger partial charge in [-0.3, -0.25) is 0 Å². The van der Waals surface area contributed by atoms with Crippen molar-refractivity contribution in [2.24, 2.45) is 5.92 Å². The lowest BCUT2D eigenvalue weighted by Crippen LogP contribution is -2.17. The Morgan fingerprint density at radius 2 is 2.06 bits per heavy atom. The maximum atomic E-state index is 4.70. The van der Waals surface area contributed by atoms with Crippen LogP contribution in [0.1, 0.15) is 44.6 Å². The molecule has 2 rings (SSSR count). The molecule has 1 saturated carbocycles. The molecular weight excluding hydrogens is 325 g/mol. The van der Waals surface area contributed by atoms with E-state index in [-0.39, 0.29) is 0 Å². The van der Waals surface area contributed by atoms with E-state index in [2.05, 4.69) is 46.7 Å². The molecule has 94 valence electrons. The molecule has 17 heavy (non-hydrogen) atoms. The number of aryl methyl sites for hydroxylation is 1. The average molecular weight is 345 g/mol. The lowest BCUT2D eigenvalue weighted by molar-refractivity contribution is 0.309. The first-order valence-electron chi connectivity index (χ1n) is 6.53. The maximum absolute atomic E-state index is 4.70. The number of hydrogen-bond acceptors (Lipinski definition) is 3. The standard InChI is InChI=1S/C13H20IN3/c1-3-10-12(14)13(15-4-2)17-11(16-10)8-9-6-5-7-9/h9H,3-8H2,1-2H3,(H,15,16,17). The van der Waals surface area contributed by atoms with E-state index in [9.17, 15) is 0 Å². The summed E-state index contributed by atoms with van der Waals surface area (Å²) in [6.07, 6.45) is 6.13. The van der Waals surface area contributed by atoms with Crippen molar-refractivity contribution in [2.75, 3.05) is 11.9 Å². The predicted octanol–water partition coefficient (Wildman–Crippen LogP) is 3.42. The Labute approximate surface area is 117 Å². The van der Waals surface area contributed by atoms with Crippen molar-refractivity contribution in [3.05, 3.63) is 15.1 Å². The molecule has 0 unspecified atom stereocenters. The summed E-state index contributed by atoms with van der Waals surface area (Å²) in [5, 5.41) is 3.34. The van der Waals surface area contributed by atoms with Crippen LogP contribution in [0.5, 0.6) is 0 Å². The van der Waals surface area contributed by atoms with E-state index in [1.54, 1.807) is 0 Å². The fourth-order valence-electron chi connectivity index (χ4n) is 2.11. The minimum Gasteiger partial charge on any atom is -0.369 e. The molecule has 1 aromatic heterocycles. The first-order valence-corrected chi connectivity index (χ1v) is 7.61. The van der Waals surface area contributed by atoms with E-state index in [0.717, 1.165) is 36.9 Å². The van der Waals surface area contributed by atoms with Crippen LogP contribution in [0.4, 0.5) is 5.82 Å². The molecule has 0 bridgehead atoms. The third-order valence-corrected chi connectivity index (χ3v) is 4.47. The Kier molecular flexibility index (Phi) is 4.59. The van der Waals surface area contributed by atoms with Crippen LogP contribution >= 0.6 is 22.6 Å². The van der Waals surface area contributed by atoms with Gasteiger partial charge >= 0.3 is 0 Å². The summed E-state index contributed by atoms with van der Waals surface area (Å²) >= 11 is 2.35. The summed E-state index contributed by atoms with van der Waals surface area (Å²) < 4.78 is 1.18. The van der Waals surface area contributed by atoms with Crippen LogP contribution in [0.3, 0.4) is 0 Å². The molecule has 0 amide bonds. The molecule has 1 heterocycles. The molecule has 1 N–H and O–H groups in total. The molecule has 1 aromatic rings. The molecular formula is C13H20IN3. The zero-order chi connectivity index (χ0) is 12.3. The second-order valence-electron chi connectivity index (χ2n) is 4.63. The Balaban J connectivity index is 2.21. The van der Waals surface area contributed by atoms with Gasteiger partial charge in [0.2, 0.25) is 0 Å². The third-order valence-electron chi connectivity index (χ3n) is 3.34. The van der Waals surface area contributed by atoms with E-state index >= 15 is 0 Å². The van der Waals surface area contributed by atoms with Gasteiger partial charge in [-0.25, -0.2) is 9.97 Å². The van der Waals surface area contributed by atoms with Gasteiger partial charge in [0.15, 0.2) is 0 Å². The summed E-state index contributed by atoms with van der Waals surface area (Å²) in [5.41, 5.74) is 1.19. The van der Waals surface area contributed by atoms with Gasteiger partial charge in [-0.05, 0) is 41.9 Å². The third kappa shape index (κ3) is 3.09. The summed E-state index contributed by atoms with van der Waals surface area (Å²) in [6.45, 7) is 5.18. The largest absolute Gasteiger partial charge is 0.369 e. The minimum atomic E-state index is 0.828. The molecule has 4 heteroatoms. The number of anilines is 1. The second-order valence-corrected chi connectivity index (χ2v) is 5.71. The highest BCUT2D eigenvalue weighted by Gasteiger charge is 2.20. The molecule has 0 radical (unpaired) electrons. The van der Waals surface area contributed by atoms with E-state index in [0.29, 0.717) is 0 Å². The number of aromatic nitrogens is 2. The zero-order valence-corrected chi connectivity index (χ0v) is 12.7. The molecule has 1 aliphatic carbocycles. The van der Waals surface area contributed by atoms with E-state index < -0.39 is 0 Å². The summed E-state index contributed by atoms with van der Waals surface area (Å²) in [7, 11) is 0. The molecule has 0 atom stereocenters. The van der Waals surface area contributed by atoms with Crippen molar-refractivity contribution in [2.45, 2.75) is 46.0 Å². The maximum Gasteiger partial charge on any atom is 0.143 e. The molecule has 1 aliphatic rings. The van der Waals surface area contributed by atoms with E-state index in [1.807, 2.05) is 0 Å². The van der Waals surface area contributed by atoms with Crippen LogP contribution in [0.2, 0.25) is 0 Å². The molecule has 3 nitrogen and oxygen atoms in total. The van der Waals surface area contributed by atoms with Gasteiger partial charge in [-0.1, -0.05) is 26.2 Å². The highest BCUT2D eigenvalue weighted by molar-refractivity contribution is 14.1. The number of hydrogen-bond donors (Lipinski definition) is 1. The summed E-state index contributed by atoms with van der Waals surface area (Å²) in [6, 6.07) is 0. The normalized spacial score (nSPS) is 15.7. The molecule has 0 spiro atoms. The Bertz CT molecular complexity index is 388. The number of rotatable bonds is 5. The average Bonchev–Trinajstić information content (AvgIpc) is 2.27. The second kappa shape index (κ2) is 5.98. The predicted molar refractivity (Wildman–Crippen MR) is 79.3 cm³/mol.